The fourth-order valence-electron chi connectivity index (χ4n) is 3.00. The normalized spacial score (nSPS) is 14.1. The molecule has 0 amide bonds. The second-order valence-electron chi connectivity index (χ2n) is 5.73. The van der Waals surface area contributed by atoms with Crippen molar-refractivity contribution in [3.05, 3.63) is 64.8 Å². The first-order valence-electron chi connectivity index (χ1n) is 8.38. The summed E-state index contributed by atoms with van der Waals surface area (Å²) in [6, 6.07) is 6.61. The number of allylic oxidation sites excluding steroid dienone is 5. The van der Waals surface area contributed by atoms with Gasteiger partial charge in [0.1, 0.15) is 0 Å². The quantitative estimate of drug-likeness (QED) is 0.634. The van der Waals surface area contributed by atoms with Crippen LogP contribution in [0.3, 0.4) is 0 Å². The largest absolute Gasteiger partial charge is 0.330 e. The van der Waals surface area contributed by atoms with Gasteiger partial charge in [-0.1, -0.05) is 48.6 Å². The zero-order valence-electron chi connectivity index (χ0n) is 14.6. The van der Waals surface area contributed by atoms with Crippen LogP contribution in [-0.4, -0.2) is 6.54 Å². The third-order valence-electron chi connectivity index (χ3n) is 4.28. The van der Waals surface area contributed by atoms with E-state index < -0.39 is 0 Å². The molecule has 1 atom stereocenters. The SMILES string of the molecule is C/C=C\C(=C/C)[C@H](CCN)CCc1cccc(/C=C\C)c1C. The lowest BCUT2D eigenvalue weighted by Gasteiger charge is -2.18. The predicted molar refractivity (Wildman–Crippen MR) is 99.9 cm³/mol. The Hall–Kier alpha value is -1.60. The number of rotatable bonds is 8. The minimum atomic E-state index is 0.552. The van der Waals surface area contributed by atoms with Gasteiger partial charge in [-0.15, -0.1) is 0 Å². The van der Waals surface area contributed by atoms with E-state index in [4.69, 9.17) is 5.73 Å². The van der Waals surface area contributed by atoms with Crippen LogP contribution in [0.15, 0.2) is 48.1 Å². The molecular formula is C21H31N. The van der Waals surface area contributed by atoms with Crippen LogP contribution < -0.4 is 5.73 Å². The number of benzene rings is 1. The van der Waals surface area contributed by atoms with Crippen molar-refractivity contribution in [3.8, 4) is 0 Å². The summed E-state index contributed by atoms with van der Waals surface area (Å²) < 4.78 is 0. The lowest BCUT2D eigenvalue weighted by Crippen LogP contribution is -2.12. The van der Waals surface area contributed by atoms with Gasteiger partial charge in [0, 0.05) is 0 Å². The molecule has 0 saturated heterocycles. The summed E-state index contributed by atoms with van der Waals surface area (Å²) in [5.74, 6) is 0.552. The van der Waals surface area contributed by atoms with Gasteiger partial charge in [0.25, 0.3) is 0 Å². The van der Waals surface area contributed by atoms with Gasteiger partial charge in [0.2, 0.25) is 0 Å². The van der Waals surface area contributed by atoms with Gasteiger partial charge < -0.3 is 5.73 Å². The van der Waals surface area contributed by atoms with Gasteiger partial charge in [0.05, 0.1) is 0 Å². The third kappa shape index (κ3) is 5.31. The highest BCUT2D eigenvalue weighted by Gasteiger charge is 2.12. The smallest absolute Gasteiger partial charge is 0.00714 e. The molecule has 0 bridgehead atoms. The molecule has 0 saturated carbocycles. The van der Waals surface area contributed by atoms with Crippen molar-refractivity contribution in [1.29, 1.82) is 0 Å². The summed E-state index contributed by atoms with van der Waals surface area (Å²) in [4.78, 5) is 0. The molecule has 2 N–H and O–H groups in total. The van der Waals surface area contributed by atoms with Crippen LogP contribution in [-0.2, 0) is 6.42 Å². The molecule has 0 aliphatic rings. The second kappa shape index (κ2) is 10.2. The number of hydrogen-bond donors (Lipinski definition) is 1. The second-order valence-corrected chi connectivity index (χ2v) is 5.73. The molecular weight excluding hydrogens is 266 g/mol. The Kier molecular flexibility index (Phi) is 8.54. The zero-order valence-corrected chi connectivity index (χ0v) is 14.6. The molecule has 0 fully saturated rings. The number of aryl methyl sites for hydroxylation is 1. The highest BCUT2D eigenvalue weighted by atomic mass is 14.5. The fraction of sp³-hybridized carbons (Fsp3) is 0.429. The van der Waals surface area contributed by atoms with Crippen molar-refractivity contribution < 1.29 is 0 Å². The third-order valence-corrected chi connectivity index (χ3v) is 4.28. The van der Waals surface area contributed by atoms with E-state index in [1.165, 1.54) is 22.3 Å². The molecule has 1 aromatic rings. The zero-order chi connectivity index (χ0) is 16.4. The molecule has 0 aliphatic heterocycles. The average Bonchev–Trinajstić information content (AvgIpc) is 2.52. The van der Waals surface area contributed by atoms with Crippen molar-refractivity contribution in [2.45, 2.75) is 47.0 Å². The van der Waals surface area contributed by atoms with Gasteiger partial charge in [-0.2, -0.15) is 0 Å². The van der Waals surface area contributed by atoms with Gasteiger partial charge in [-0.25, -0.2) is 0 Å². The van der Waals surface area contributed by atoms with Gasteiger partial charge in [-0.05, 0) is 81.7 Å². The molecule has 22 heavy (non-hydrogen) atoms. The standard InChI is InChI=1S/C21H31N/c1-5-9-18(7-3)21(15-16-22)14-13-20-12-8-11-19(10-6-2)17(20)4/h5-12,21H,13-16,22H2,1-4H3/b9-5-,10-6-,18-7+/t21-/m0/s1. The molecule has 1 aromatic carbocycles. The maximum absolute atomic E-state index is 5.82. The maximum Gasteiger partial charge on any atom is -0.00714 e. The van der Waals surface area contributed by atoms with E-state index in [-0.39, 0.29) is 0 Å². The summed E-state index contributed by atoms with van der Waals surface area (Å²) in [5.41, 5.74) is 11.4. The van der Waals surface area contributed by atoms with Crippen molar-refractivity contribution in [2.24, 2.45) is 11.7 Å². The van der Waals surface area contributed by atoms with E-state index in [0.29, 0.717) is 5.92 Å². The Balaban J connectivity index is 2.87. The van der Waals surface area contributed by atoms with Gasteiger partial charge >= 0.3 is 0 Å². The molecule has 120 valence electrons. The van der Waals surface area contributed by atoms with E-state index in [2.05, 4.69) is 76.3 Å². The van der Waals surface area contributed by atoms with Crippen LogP contribution in [0, 0.1) is 12.8 Å². The molecule has 1 heteroatoms. The molecule has 1 nitrogen and oxygen atoms in total. The Morgan fingerprint density at radius 2 is 1.91 bits per heavy atom. The van der Waals surface area contributed by atoms with E-state index in [9.17, 15) is 0 Å². The van der Waals surface area contributed by atoms with Crippen LogP contribution in [0.5, 0.6) is 0 Å². The van der Waals surface area contributed by atoms with E-state index in [0.717, 1.165) is 25.8 Å². The monoisotopic (exact) mass is 297 g/mol. The first kappa shape index (κ1) is 18.4. The van der Waals surface area contributed by atoms with Gasteiger partial charge in [0.15, 0.2) is 0 Å². The highest BCUT2D eigenvalue weighted by Crippen LogP contribution is 2.24. The molecule has 0 aromatic heterocycles. The van der Waals surface area contributed by atoms with Crippen LogP contribution in [0.4, 0.5) is 0 Å². The molecule has 0 spiro atoms. The summed E-state index contributed by atoms with van der Waals surface area (Å²) in [5, 5.41) is 0. The Bertz CT molecular complexity index is 535. The Morgan fingerprint density at radius 1 is 1.14 bits per heavy atom. The Labute approximate surface area is 136 Å². The average molecular weight is 297 g/mol. The molecule has 0 heterocycles. The van der Waals surface area contributed by atoms with Crippen LogP contribution in [0.25, 0.3) is 6.08 Å². The van der Waals surface area contributed by atoms with Crippen LogP contribution >= 0.6 is 0 Å². The van der Waals surface area contributed by atoms with Crippen molar-refractivity contribution in [1.82, 2.24) is 0 Å². The van der Waals surface area contributed by atoms with Gasteiger partial charge in [-0.3, -0.25) is 0 Å². The lowest BCUT2D eigenvalue weighted by atomic mass is 9.87. The summed E-state index contributed by atoms with van der Waals surface area (Å²) in [6.07, 6.45) is 14.2. The number of hydrogen-bond acceptors (Lipinski definition) is 1. The minimum Gasteiger partial charge on any atom is -0.330 e. The highest BCUT2D eigenvalue weighted by molar-refractivity contribution is 5.55. The lowest BCUT2D eigenvalue weighted by molar-refractivity contribution is 0.532. The number of nitrogens with two attached hydrogens (primary N) is 1. The first-order chi connectivity index (χ1) is 10.7. The van der Waals surface area contributed by atoms with E-state index in [1.54, 1.807) is 0 Å². The molecule has 0 radical (unpaired) electrons. The van der Waals surface area contributed by atoms with Crippen LogP contribution in [0.2, 0.25) is 0 Å². The van der Waals surface area contributed by atoms with Crippen molar-refractivity contribution in [3.63, 3.8) is 0 Å². The fourth-order valence-corrected chi connectivity index (χ4v) is 3.00. The predicted octanol–water partition coefficient (Wildman–Crippen LogP) is 5.45. The summed E-state index contributed by atoms with van der Waals surface area (Å²) in [7, 11) is 0. The maximum atomic E-state index is 5.82. The van der Waals surface area contributed by atoms with E-state index in [1.807, 2.05) is 0 Å². The van der Waals surface area contributed by atoms with Crippen LogP contribution in [0.1, 0.15) is 50.3 Å². The first-order valence-corrected chi connectivity index (χ1v) is 8.38. The topological polar surface area (TPSA) is 26.0 Å². The molecule has 0 aliphatic carbocycles. The minimum absolute atomic E-state index is 0.552. The summed E-state index contributed by atoms with van der Waals surface area (Å²) in [6.45, 7) is 9.24. The molecule has 1 rings (SSSR count). The Morgan fingerprint density at radius 3 is 2.50 bits per heavy atom. The summed E-state index contributed by atoms with van der Waals surface area (Å²) >= 11 is 0. The van der Waals surface area contributed by atoms with Crippen molar-refractivity contribution in [2.75, 3.05) is 6.54 Å². The van der Waals surface area contributed by atoms with Crippen molar-refractivity contribution >= 4 is 6.08 Å². The van der Waals surface area contributed by atoms with E-state index >= 15 is 0 Å². The molecule has 0 unspecified atom stereocenters.